The predicted octanol–water partition coefficient (Wildman–Crippen LogP) is 3.55. The number of fused-ring (bicyclic) bond motifs is 1. The minimum absolute atomic E-state index is 0.598. The van der Waals surface area contributed by atoms with Crippen LogP contribution < -0.4 is 10.5 Å². The van der Waals surface area contributed by atoms with E-state index >= 15 is 0 Å². The quantitative estimate of drug-likeness (QED) is 0.762. The number of aromatic nitrogens is 1. The van der Waals surface area contributed by atoms with E-state index < -0.39 is 0 Å². The Morgan fingerprint density at radius 2 is 2.00 bits per heavy atom. The molecule has 0 amide bonds. The van der Waals surface area contributed by atoms with E-state index in [-0.39, 0.29) is 0 Å². The van der Waals surface area contributed by atoms with Crippen LogP contribution >= 0.6 is 11.3 Å². The largest absolute Gasteiger partial charge is 0.497 e. The molecule has 3 nitrogen and oxygen atoms in total. The van der Waals surface area contributed by atoms with Gasteiger partial charge in [0.1, 0.15) is 5.75 Å². The average Bonchev–Trinajstić information content (AvgIpc) is 2.78. The second-order valence-corrected chi connectivity index (χ2v) is 4.97. The van der Waals surface area contributed by atoms with Gasteiger partial charge in [-0.2, -0.15) is 0 Å². The normalized spacial score (nSPS) is 10.7. The van der Waals surface area contributed by atoms with Crippen LogP contribution in [0.2, 0.25) is 0 Å². The SMILES string of the molecule is COc1cccc(-c2cccc3nc(N)sc23)c1. The Labute approximate surface area is 109 Å². The van der Waals surface area contributed by atoms with E-state index in [4.69, 9.17) is 10.5 Å². The maximum absolute atomic E-state index is 5.78. The van der Waals surface area contributed by atoms with Crippen molar-refractivity contribution in [2.45, 2.75) is 0 Å². The van der Waals surface area contributed by atoms with Gasteiger partial charge in [-0.05, 0) is 23.8 Å². The summed E-state index contributed by atoms with van der Waals surface area (Å²) in [6, 6.07) is 14.1. The summed E-state index contributed by atoms with van der Waals surface area (Å²) in [5.41, 5.74) is 8.97. The Morgan fingerprint density at radius 1 is 1.17 bits per heavy atom. The van der Waals surface area contributed by atoms with Crippen molar-refractivity contribution in [2.24, 2.45) is 0 Å². The maximum Gasteiger partial charge on any atom is 0.181 e. The summed E-state index contributed by atoms with van der Waals surface area (Å²) in [4.78, 5) is 4.31. The van der Waals surface area contributed by atoms with Crippen LogP contribution in [0.5, 0.6) is 5.75 Å². The fraction of sp³-hybridized carbons (Fsp3) is 0.0714. The van der Waals surface area contributed by atoms with E-state index in [1.54, 1.807) is 7.11 Å². The van der Waals surface area contributed by atoms with Crippen molar-refractivity contribution in [2.75, 3.05) is 12.8 Å². The number of hydrogen-bond donors (Lipinski definition) is 1. The Morgan fingerprint density at radius 3 is 2.83 bits per heavy atom. The number of benzene rings is 2. The number of ether oxygens (including phenoxy) is 1. The molecule has 1 heterocycles. The standard InChI is InChI=1S/C14H12N2OS/c1-17-10-5-2-4-9(8-10)11-6-3-7-12-13(11)18-14(15)16-12/h2-8H,1H3,(H2,15,16). The summed E-state index contributed by atoms with van der Waals surface area (Å²) < 4.78 is 6.37. The van der Waals surface area contributed by atoms with Gasteiger partial charge in [0.25, 0.3) is 0 Å². The van der Waals surface area contributed by atoms with Crippen molar-refractivity contribution >= 4 is 26.7 Å². The Balaban J connectivity index is 2.24. The van der Waals surface area contributed by atoms with E-state index in [1.807, 2.05) is 30.3 Å². The highest BCUT2D eigenvalue weighted by molar-refractivity contribution is 7.22. The highest BCUT2D eigenvalue weighted by Crippen LogP contribution is 2.34. The number of rotatable bonds is 2. The molecule has 90 valence electrons. The molecule has 0 unspecified atom stereocenters. The van der Waals surface area contributed by atoms with Crippen LogP contribution in [0.15, 0.2) is 42.5 Å². The highest BCUT2D eigenvalue weighted by Gasteiger charge is 2.08. The second kappa shape index (κ2) is 4.31. The Bertz CT molecular complexity index is 706. The minimum Gasteiger partial charge on any atom is -0.497 e. The summed E-state index contributed by atoms with van der Waals surface area (Å²) in [7, 11) is 1.67. The van der Waals surface area contributed by atoms with Crippen LogP contribution in [0.1, 0.15) is 0 Å². The zero-order valence-electron chi connectivity index (χ0n) is 9.88. The monoisotopic (exact) mass is 256 g/mol. The topological polar surface area (TPSA) is 48.1 Å². The lowest BCUT2D eigenvalue weighted by molar-refractivity contribution is 0.415. The molecule has 3 rings (SSSR count). The zero-order valence-corrected chi connectivity index (χ0v) is 10.7. The van der Waals surface area contributed by atoms with Gasteiger partial charge in [-0.1, -0.05) is 35.6 Å². The van der Waals surface area contributed by atoms with Crippen molar-refractivity contribution in [3.05, 3.63) is 42.5 Å². The molecule has 2 N–H and O–H groups in total. The van der Waals surface area contributed by atoms with Crippen LogP contribution in [0.4, 0.5) is 5.13 Å². The summed E-state index contributed by atoms with van der Waals surface area (Å²) in [6.45, 7) is 0. The van der Waals surface area contributed by atoms with E-state index in [9.17, 15) is 0 Å². The van der Waals surface area contributed by atoms with Crippen LogP contribution in [-0.4, -0.2) is 12.1 Å². The fourth-order valence-corrected chi connectivity index (χ4v) is 2.85. The molecule has 0 aliphatic rings. The first-order chi connectivity index (χ1) is 8.78. The lowest BCUT2D eigenvalue weighted by atomic mass is 10.1. The molecule has 3 aromatic rings. The summed E-state index contributed by atoms with van der Waals surface area (Å²) in [6.07, 6.45) is 0. The Kier molecular flexibility index (Phi) is 2.64. The van der Waals surface area contributed by atoms with Gasteiger partial charge in [0.2, 0.25) is 0 Å². The molecule has 2 aromatic carbocycles. The summed E-state index contributed by atoms with van der Waals surface area (Å²) >= 11 is 1.51. The molecule has 0 aliphatic carbocycles. The number of nitrogen functional groups attached to an aromatic ring is 1. The maximum atomic E-state index is 5.78. The van der Waals surface area contributed by atoms with Crippen molar-refractivity contribution < 1.29 is 4.74 Å². The fourth-order valence-electron chi connectivity index (χ4n) is 1.98. The molecule has 0 saturated heterocycles. The molecule has 0 saturated carbocycles. The van der Waals surface area contributed by atoms with Gasteiger partial charge < -0.3 is 10.5 Å². The van der Waals surface area contributed by atoms with Gasteiger partial charge in [-0.25, -0.2) is 4.98 Å². The summed E-state index contributed by atoms with van der Waals surface area (Å²) in [5.74, 6) is 0.849. The first-order valence-electron chi connectivity index (χ1n) is 5.57. The number of hydrogen-bond acceptors (Lipinski definition) is 4. The van der Waals surface area contributed by atoms with Gasteiger partial charge in [0.05, 0.1) is 17.3 Å². The Hall–Kier alpha value is -2.07. The first-order valence-corrected chi connectivity index (χ1v) is 6.39. The molecular weight excluding hydrogens is 244 g/mol. The first kappa shape index (κ1) is 11.0. The van der Waals surface area contributed by atoms with E-state index in [1.165, 1.54) is 11.3 Å². The van der Waals surface area contributed by atoms with E-state index in [0.717, 1.165) is 27.1 Å². The van der Waals surface area contributed by atoms with Gasteiger partial charge in [0.15, 0.2) is 5.13 Å². The van der Waals surface area contributed by atoms with Crippen LogP contribution in [0.25, 0.3) is 21.3 Å². The number of nitrogens with two attached hydrogens (primary N) is 1. The molecule has 18 heavy (non-hydrogen) atoms. The third kappa shape index (κ3) is 1.80. The molecule has 0 bridgehead atoms. The smallest absolute Gasteiger partial charge is 0.181 e. The number of methoxy groups -OCH3 is 1. The molecule has 0 spiro atoms. The van der Waals surface area contributed by atoms with Crippen LogP contribution in [-0.2, 0) is 0 Å². The molecule has 0 radical (unpaired) electrons. The molecule has 4 heteroatoms. The molecule has 1 aromatic heterocycles. The molecule has 0 atom stereocenters. The van der Waals surface area contributed by atoms with Gasteiger partial charge in [0, 0.05) is 5.56 Å². The van der Waals surface area contributed by atoms with Crippen LogP contribution in [0, 0.1) is 0 Å². The third-order valence-corrected chi connectivity index (χ3v) is 3.75. The highest BCUT2D eigenvalue weighted by atomic mass is 32.1. The van der Waals surface area contributed by atoms with Gasteiger partial charge in [-0.15, -0.1) is 0 Å². The lowest BCUT2D eigenvalue weighted by Gasteiger charge is -2.05. The minimum atomic E-state index is 0.598. The third-order valence-electron chi connectivity index (χ3n) is 2.81. The molecule has 0 fully saturated rings. The number of nitrogens with zero attached hydrogens (tertiary/aromatic N) is 1. The van der Waals surface area contributed by atoms with E-state index in [0.29, 0.717) is 5.13 Å². The lowest BCUT2D eigenvalue weighted by Crippen LogP contribution is -1.84. The van der Waals surface area contributed by atoms with Gasteiger partial charge >= 0.3 is 0 Å². The van der Waals surface area contributed by atoms with Crippen molar-refractivity contribution in [1.29, 1.82) is 0 Å². The zero-order chi connectivity index (χ0) is 12.5. The summed E-state index contributed by atoms with van der Waals surface area (Å²) in [5, 5.41) is 0.598. The van der Waals surface area contributed by atoms with Crippen LogP contribution in [0.3, 0.4) is 0 Å². The van der Waals surface area contributed by atoms with Gasteiger partial charge in [-0.3, -0.25) is 0 Å². The van der Waals surface area contributed by atoms with Crippen molar-refractivity contribution in [3.63, 3.8) is 0 Å². The van der Waals surface area contributed by atoms with Crippen molar-refractivity contribution in [1.82, 2.24) is 4.98 Å². The van der Waals surface area contributed by atoms with E-state index in [2.05, 4.69) is 17.1 Å². The number of thiazole rings is 1. The second-order valence-electron chi connectivity index (χ2n) is 3.94. The molecular formula is C14H12N2OS. The predicted molar refractivity (Wildman–Crippen MR) is 76.0 cm³/mol. The average molecular weight is 256 g/mol. The number of anilines is 1. The van der Waals surface area contributed by atoms with Crippen molar-refractivity contribution in [3.8, 4) is 16.9 Å². The molecule has 0 aliphatic heterocycles.